The van der Waals surface area contributed by atoms with E-state index in [0.29, 0.717) is 23.5 Å². The normalized spacial score (nSPS) is 12.5. The van der Waals surface area contributed by atoms with E-state index in [1.807, 2.05) is 0 Å². The van der Waals surface area contributed by atoms with Gasteiger partial charge in [-0.25, -0.2) is 0 Å². The molecule has 0 unspecified atom stereocenters. The monoisotopic (exact) mass is 416 g/mol. The summed E-state index contributed by atoms with van der Waals surface area (Å²) in [6.45, 7) is 0. The second-order valence-corrected chi connectivity index (χ2v) is 6.19. The molecule has 0 aliphatic carbocycles. The summed E-state index contributed by atoms with van der Waals surface area (Å²) in [5, 5.41) is 9.38. The summed E-state index contributed by atoms with van der Waals surface area (Å²) in [4.78, 5) is 0. The predicted molar refractivity (Wildman–Crippen MR) is 93.0 cm³/mol. The number of nitrogens with one attached hydrogen (secondary N) is 1. The van der Waals surface area contributed by atoms with Crippen LogP contribution < -0.4 is 5.43 Å². The minimum absolute atomic E-state index is 0.0663. The molecule has 0 amide bonds. The Morgan fingerprint density at radius 1 is 0.893 bits per heavy atom. The number of nitrogens with zero attached hydrogens (tertiary/aromatic N) is 3. The molecular weight excluding hydrogens is 406 g/mol. The number of alkyl halides is 6. The Bertz CT molecular complexity index is 931. The van der Waals surface area contributed by atoms with Crippen LogP contribution in [0.2, 0.25) is 0 Å². The van der Waals surface area contributed by atoms with E-state index in [1.165, 1.54) is 11.5 Å². The van der Waals surface area contributed by atoms with Gasteiger partial charge in [0.05, 0.1) is 23.0 Å². The highest BCUT2D eigenvalue weighted by atomic mass is 32.1. The maximum absolute atomic E-state index is 12.8. The number of benzene rings is 2. The number of hydrogen-bond acceptors (Lipinski definition) is 5. The lowest BCUT2D eigenvalue weighted by Gasteiger charge is -2.12. The van der Waals surface area contributed by atoms with Gasteiger partial charge in [-0.15, -0.1) is 5.10 Å². The molecule has 0 saturated heterocycles. The minimum Gasteiger partial charge on any atom is -0.279 e. The highest BCUT2D eigenvalue weighted by Crippen LogP contribution is 2.36. The largest absolute Gasteiger partial charge is 0.416 e. The van der Waals surface area contributed by atoms with Gasteiger partial charge in [-0.3, -0.25) is 5.43 Å². The smallest absolute Gasteiger partial charge is 0.279 e. The first-order chi connectivity index (χ1) is 13.1. The molecule has 3 rings (SSSR count). The molecule has 0 spiro atoms. The molecule has 1 heterocycles. The molecule has 3 aromatic rings. The van der Waals surface area contributed by atoms with Crippen LogP contribution in [-0.4, -0.2) is 15.8 Å². The second kappa shape index (κ2) is 7.58. The maximum atomic E-state index is 12.8. The first-order valence-corrected chi connectivity index (χ1v) is 8.42. The van der Waals surface area contributed by atoms with E-state index in [2.05, 4.69) is 20.1 Å². The Labute approximate surface area is 158 Å². The van der Waals surface area contributed by atoms with Crippen LogP contribution in [0.15, 0.2) is 52.9 Å². The van der Waals surface area contributed by atoms with Gasteiger partial charge >= 0.3 is 12.4 Å². The fraction of sp³-hybridized carbons (Fsp3) is 0.118. The van der Waals surface area contributed by atoms with Gasteiger partial charge in [-0.2, -0.15) is 31.4 Å². The van der Waals surface area contributed by atoms with E-state index in [4.69, 9.17) is 0 Å². The van der Waals surface area contributed by atoms with Crippen molar-refractivity contribution in [3.8, 4) is 11.3 Å². The summed E-state index contributed by atoms with van der Waals surface area (Å²) < 4.78 is 80.8. The van der Waals surface area contributed by atoms with Gasteiger partial charge in [0.15, 0.2) is 0 Å². The average Bonchev–Trinajstić information content (AvgIpc) is 3.15. The van der Waals surface area contributed by atoms with Crippen molar-refractivity contribution in [2.45, 2.75) is 12.4 Å². The predicted octanol–water partition coefficient (Wildman–Crippen LogP) is 5.69. The van der Waals surface area contributed by atoms with Crippen molar-refractivity contribution in [2.24, 2.45) is 5.10 Å². The fourth-order valence-corrected chi connectivity index (χ4v) is 2.71. The molecule has 0 aliphatic rings. The van der Waals surface area contributed by atoms with Crippen LogP contribution in [0.3, 0.4) is 0 Å². The van der Waals surface area contributed by atoms with E-state index in [9.17, 15) is 26.3 Å². The number of hydrogen-bond donors (Lipinski definition) is 1. The molecule has 1 aromatic heterocycles. The molecule has 0 fully saturated rings. The summed E-state index contributed by atoms with van der Waals surface area (Å²) in [7, 11) is 0. The van der Waals surface area contributed by atoms with Crippen LogP contribution >= 0.6 is 11.5 Å². The molecule has 0 radical (unpaired) electrons. The van der Waals surface area contributed by atoms with Crippen LogP contribution in [0.5, 0.6) is 0 Å². The molecule has 4 nitrogen and oxygen atoms in total. The molecule has 146 valence electrons. The van der Waals surface area contributed by atoms with Crippen LogP contribution in [0.25, 0.3) is 11.3 Å². The Morgan fingerprint density at radius 2 is 1.50 bits per heavy atom. The van der Waals surface area contributed by atoms with E-state index in [-0.39, 0.29) is 11.6 Å². The Balaban J connectivity index is 1.78. The molecule has 0 bridgehead atoms. The highest BCUT2D eigenvalue weighted by Gasteiger charge is 2.36. The number of aromatic nitrogens is 2. The number of hydrazone groups is 1. The summed E-state index contributed by atoms with van der Waals surface area (Å²) in [6, 6.07) is 7.98. The zero-order chi connectivity index (χ0) is 20.4. The van der Waals surface area contributed by atoms with Crippen LogP contribution in [0.4, 0.5) is 32.0 Å². The van der Waals surface area contributed by atoms with Gasteiger partial charge in [0.1, 0.15) is 5.69 Å². The van der Waals surface area contributed by atoms with Crippen molar-refractivity contribution in [1.82, 2.24) is 9.59 Å². The highest BCUT2D eigenvalue weighted by molar-refractivity contribution is 7.03. The van der Waals surface area contributed by atoms with Crippen molar-refractivity contribution in [1.29, 1.82) is 0 Å². The first-order valence-electron chi connectivity index (χ1n) is 7.59. The Hall–Kier alpha value is -2.95. The van der Waals surface area contributed by atoms with Crippen LogP contribution in [0.1, 0.15) is 16.7 Å². The average molecular weight is 416 g/mol. The minimum atomic E-state index is -4.91. The van der Waals surface area contributed by atoms with Gasteiger partial charge < -0.3 is 0 Å². The van der Waals surface area contributed by atoms with Gasteiger partial charge in [0.2, 0.25) is 0 Å². The molecule has 0 atom stereocenters. The lowest BCUT2D eigenvalue weighted by Crippen LogP contribution is -2.11. The van der Waals surface area contributed by atoms with Gasteiger partial charge in [0.25, 0.3) is 0 Å². The van der Waals surface area contributed by atoms with Crippen molar-refractivity contribution in [2.75, 3.05) is 5.43 Å². The molecular formula is C17H10F6N4S. The number of rotatable bonds is 4. The number of halogens is 6. The molecule has 28 heavy (non-hydrogen) atoms. The quantitative estimate of drug-likeness (QED) is 0.338. The summed E-state index contributed by atoms with van der Waals surface area (Å²) >= 11 is 1.20. The number of anilines is 1. The fourth-order valence-electron chi connectivity index (χ4n) is 2.24. The molecule has 11 heteroatoms. The van der Waals surface area contributed by atoms with Crippen molar-refractivity contribution >= 4 is 23.4 Å². The van der Waals surface area contributed by atoms with Gasteiger partial charge in [0, 0.05) is 10.9 Å². The molecule has 0 aliphatic heterocycles. The van der Waals surface area contributed by atoms with Crippen molar-refractivity contribution in [3.05, 3.63) is 64.5 Å². The topological polar surface area (TPSA) is 50.2 Å². The van der Waals surface area contributed by atoms with Gasteiger partial charge in [-0.05, 0) is 47.4 Å². The third-order valence-electron chi connectivity index (χ3n) is 3.56. The SMILES string of the molecule is FC(F)(F)c1cc(/C=N\Nc2ccc(-c3csnn3)cc2)cc(C(F)(F)F)c1. The zero-order valence-corrected chi connectivity index (χ0v) is 14.5. The van der Waals surface area contributed by atoms with Crippen LogP contribution in [0, 0.1) is 0 Å². The van der Waals surface area contributed by atoms with E-state index < -0.39 is 23.5 Å². The lowest BCUT2D eigenvalue weighted by atomic mass is 10.1. The van der Waals surface area contributed by atoms with E-state index in [0.717, 1.165) is 11.8 Å². The van der Waals surface area contributed by atoms with E-state index >= 15 is 0 Å². The summed E-state index contributed by atoms with van der Waals surface area (Å²) in [6.07, 6.45) is -8.92. The Kier molecular flexibility index (Phi) is 5.36. The maximum Gasteiger partial charge on any atom is 0.416 e. The van der Waals surface area contributed by atoms with Crippen molar-refractivity contribution in [3.63, 3.8) is 0 Å². The third-order valence-corrected chi connectivity index (χ3v) is 4.06. The second-order valence-electron chi connectivity index (χ2n) is 5.58. The third kappa shape index (κ3) is 4.85. The van der Waals surface area contributed by atoms with Gasteiger partial charge in [-0.1, -0.05) is 16.6 Å². The Morgan fingerprint density at radius 3 is 2.00 bits per heavy atom. The van der Waals surface area contributed by atoms with Crippen molar-refractivity contribution < 1.29 is 26.3 Å². The summed E-state index contributed by atoms with van der Waals surface area (Å²) in [5.74, 6) is 0. The standard InChI is InChI=1S/C17H10F6N4S/c18-16(19,20)12-5-10(6-13(7-12)17(21,22)23)8-24-25-14-3-1-11(2-4-14)15-9-28-27-26-15/h1-9,25H/b24-8-. The molecule has 1 N–H and O–H groups in total. The lowest BCUT2D eigenvalue weighted by molar-refractivity contribution is -0.143. The molecule has 0 saturated carbocycles. The van der Waals surface area contributed by atoms with Crippen LogP contribution in [-0.2, 0) is 12.4 Å². The summed E-state index contributed by atoms with van der Waals surface area (Å²) in [5.41, 5.74) is 1.40. The van der Waals surface area contributed by atoms with E-state index in [1.54, 1.807) is 29.6 Å². The molecule has 2 aromatic carbocycles. The zero-order valence-electron chi connectivity index (χ0n) is 13.7. The first kappa shape index (κ1) is 19.8.